The minimum atomic E-state index is -3.61. The highest BCUT2D eigenvalue weighted by Gasteiger charge is 2.30. The van der Waals surface area contributed by atoms with Gasteiger partial charge in [0.1, 0.15) is 10.6 Å². The first-order valence-corrected chi connectivity index (χ1v) is 7.77. The van der Waals surface area contributed by atoms with Crippen molar-refractivity contribution in [2.75, 3.05) is 20.2 Å². The fourth-order valence-electron chi connectivity index (χ4n) is 2.21. The Hall–Kier alpha value is -1.33. The van der Waals surface area contributed by atoms with Gasteiger partial charge >= 0.3 is 0 Å². The van der Waals surface area contributed by atoms with Crippen LogP contribution in [-0.4, -0.2) is 39.0 Å². The minimum Gasteiger partial charge on any atom is -0.495 e. The molecule has 2 rings (SSSR count). The van der Waals surface area contributed by atoms with Gasteiger partial charge in [-0.1, -0.05) is 0 Å². The number of piperidine rings is 1. The van der Waals surface area contributed by atoms with E-state index in [1.165, 1.54) is 29.6 Å². The summed E-state index contributed by atoms with van der Waals surface area (Å²) in [6.07, 6.45) is 1.30. The zero-order valence-electron chi connectivity index (χ0n) is 11.7. The van der Waals surface area contributed by atoms with Gasteiger partial charge in [0.05, 0.1) is 18.7 Å². The van der Waals surface area contributed by atoms with Crippen LogP contribution in [0.5, 0.6) is 5.75 Å². The smallest absolute Gasteiger partial charge is 0.246 e. The summed E-state index contributed by atoms with van der Waals surface area (Å²) in [5, 5.41) is 8.85. The van der Waals surface area contributed by atoms with Crippen LogP contribution in [0.15, 0.2) is 23.1 Å². The van der Waals surface area contributed by atoms with Crippen LogP contribution >= 0.6 is 12.4 Å². The monoisotopic (exact) mass is 331 g/mol. The third-order valence-corrected chi connectivity index (χ3v) is 5.35. The number of hydrogen-bond acceptors (Lipinski definition) is 5. The fourth-order valence-corrected chi connectivity index (χ4v) is 3.81. The lowest BCUT2D eigenvalue weighted by Gasteiger charge is -2.29. The molecular formula is C13H18ClN3O3S. The molecule has 6 nitrogen and oxygen atoms in total. The number of halogens is 1. The third kappa shape index (κ3) is 3.66. The highest BCUT2D eigenvalue weighted by atomic mass is 35.5. The van der Waals surface area contributed by atoms with Crippen molar-refractivity contribution in [2.24, 2.45) is 5.73 Å². The van der Waals surface area contributed by atoms with E-state index in [9.17, 15) is 8.42 Å². The van der Waals surface area contributed by atoms with Gasteiger partial charge in [0.2, 0.25) is 10.0 Å². The number of nitriles is 1. The molecule has 2 N–H and O–H groups in total. The van der Waals surface area contributed by atoms with Crippen molar-refractivity contribution in [2.45, 2.75) is 23.8 Å². The van der Waals surface area contributed by atoms with E-state index in [-0.39, 0.29) is 29.1 Å². The largest absolute Gasteiger partial charge is 0.495 e. The lowest BCUT2D eigenvalue weighted by atomic mass is 10.1. The zero-order valence-corrected chi connectivity index (χ0v) is 13.3. The molecule has 0 unspecified atom stereocenters. The molecule has 1 aromatic rings. The summed E-state index contributed by atoms with van der Waals surface area (Å²) in [5.74, 6) is 0.193. The lowest BCUT2D eigenvalue weighted by molar-refractivity contribution is 0.318. The maximum absolute atomic E-state index is 12.6. The molecule has 21 heavy (non-hydrogen) atoms. The second-order valence-corrected chi connectivity index (χ2v) is 6.63. The molecule has 1 aromatic carbocycles. The van der Waals surface area contributed by atoms with Crippen molar-refractivity contribution in [3.63, 3.8) is 0 Å². The van der Waals surface area contributed by atoms with Gasteiger partial charge in [-0.15, -0.1) is 12.4 Å². The third-order valence-electron chi connectivity index (χ3n) is 3.41. The predicted octanol–water partition coefficient (Wildman–Crippen LogP) is 1.10. The van der Waals surface area contributed by atoms with E-state index < -0.39 is 10.0 Å². The SMILES string of the molecule is COc1cc(C#N)ccc1S(=O)(=O)N1CCC(N)CC1.Cl. The van der Waals surface area contributed by atoms with Crippen LogP contribution in [0, 0.1) is 11.3 Å². The first kappa shape index (κ1) is 17.7. The standard InChI is InChI=1S/C13H17N3O3S.ClH/c1-19-12-8-10(9-14)2-3-13(12)20(17,18)16-6-4-11(15)5-7-16;/h2-3,8,11H,4-7,15H2,1H3;1H. The van der Waals surface area contributed by atoms with Crippen molar-refractivity contribution in [1.29, 1.82) is 5.26 Å². The molecule has 0 spiro atoms. The number of ether oxygens (including phenoxy) is 1. The Morgan fingerprint density at radius 3 is 2.52 bits per heavy atom. The molecule has 0 saturated carbocycles. The summed E-state index contributed by atoms with van der Waals surface area (Å²) in [5.41, 5.74) is 6.15. The van der Waals surface area contributed by atoms with Crippen LogP contribution in [0.25, 0.3) is 0 Å². The number of hydrogen-bond donors (Lipinski definition) is 1. The van der Waals surface area contributed by atoms with Crippen LogP contribution in [-0.2, 0) is 10.0 Å². The van der Waals surface area contributed by atoms with Gasteiger partial charge in [-0.05, 0) is 31.0 Å². The van der Waals surface area contributed by atoms with Gasteiger partial charge in [0.15, 0.2) is 0 Å². The van der Waals surface area contributed by atoms with Crippen LogP contribution in [0.3, 0.4) is 0 Å². The van der Waals surface area contributed by atoms with E-state index in [1.54, 1.807) is 0 Å². The van der Waals surface area contributed by atoms with Crippen molar-refractivity contribution >= 4 is 22.4 Å². The summed E-state index contributed by atoms with van der Waals surface area (Å²) in [6.45, 7) is 0.819. The molecule has 1 aliphatic heterocycles. The molecule has 1 aliphatic rings. The Balaban J connectivity index is 0.00000220. The Kier molecular flexibility index (Phi) is 5.98. The molecule has 0 amide bonds. The van der Waals surface area contributed by atoms with E-state index in [1.807, 2.05) is 6.07 Å². The van der Waals surface area contributed by atoms with Crippen LogP contribution in [0.2, 0.25) is 0 Å². The molecular weight excluding hydrogens is 314 g/mol. The molecule has 116 valence electrons. The summed E-state index contributed by atoms with van der Waals surface area (Å²) < 4.78 is 31.7. The number of methoxy groups -OCH3 is 1. The van der Waals surface area contributed by atoms with E-state index >= 15 is 0 Å². The van der Waals surface area contributed by atoms with Gasteiger partial charge in [0.25, 0.3) is 0 Å². The van der Waals surface area contributed by atoms with Crippen molar-refractivity contribution in [3.8, 4) is 11.8 Å². The summed E-state index contributed by atoms with van der Waals surface area (Å²) in [6, 6.07) is 6.35. The highest BCUT2D eigenvalue weighted by Crippen LogP contribution is 2.29. The van der Waals surface area contributed by atoms with E-state index in [2.05, 4.69) is 0 Å². The molecule has 0 aromatic heterocycles. The topological polar surface area (TPSA) is 96.4 Å². The van der Waals surface area contributed by atoms with Gasteiger partial charge in [0, 0.05) is 19.1 Å². The maximum atomic E-state index is 12.6. The van der Waals surface area contributed by atoms with Gasteiger partial charge in [-0.25, -0.2) is 8.42 Å². The summed E-state index contributed by atoms with van der Waals surface area (Å²) in [4.78, 5) is 0.0921. The molecule has 1 saturated heterocycles. The molecule has 8 heteroatoms. The number of sulfonamides is 1. The molecule has 0 radical (unpaired) electrons. The zero-order chi connectivity index (χ0) is 14.8. The fraction of sp³-hybridized carbons (Fsp3) is 0.462. The van der Waals surface area contributed by atoms with E-state index in [4.69, 9.17) is 15.7 Å². The van der Waals surface area contributed by atoms with Gasteiger partial charge in [-0.3, -0.25) is 0 Å². The van der Waals surface area contributed by atoms with Crippen molar-refractivity contribution in [1.82, 2.24) is 4.31 Å². The maximum Gasteiger partial charge on any atom is 0.246 e. The van der Waals surface area contributed by atoms with Crippen LogP contribution in [0.1, 0.15) is 18.4 Å². The van der Waals surface area contributed by atoms with Crippen molar-refractivity contribution in [3.05, 3.63) is 23.8 Å². The van der Waals surface area contributed by atoms with Crippen LogP contribution in [0.4, 0.5) is 0 Å². The number of benzene rings is 1. The summed E-state index contributed by atoms with van der Waals surface area (Å²) >= 11 is 0. The number of nitrogens with zero attached hydrogens (tertiary/aromatic N) is 2. The predicted molar refractivity (Wildman–Crippen MR) is 80.9 cm³/mol. The average molecular weight is 332 g/mol. The highest BCUT2D eigenvalue weighted by molar-refractivity contribution is 7.89. The Morgan fingerprint density at radius 2 is 2.00 bits per heavy atom. The number of nitrogens with two attached hydrogens (primary N) is 1. The molecule has 1 fully saturated rings. The molecule has 0 atom stereocenters. The molecule has 0 bridgehead atoms. The molecule has 0 aliphatic carbocycles. The average Bonchev–Trinajstić information content (AvgIpc) is 2.46. The number of rotatable bonds is 3. The quantitative estimate of drug-likeness (QED) is 0.894. The Labute approximate surface area is 130 Å². The van der Waals surface area contributed by atoms with E-state index in [0.717, 1.165) is 0 Å². The first-order chi connectivity index (χ1) is 9.48. The van der Waals surface area contributed by atoms with Gasteiger partial charge < -0.3 is 10.5 Å². The first-order valence-electron chi connectivity index (χ1n) is 6.33. The summed E-state index contributed by atoms with van der Waals surface area (Å²) in [7, 11) is -2.22. The minimum absolute atomic E-state index is 0. The normalized spacial score (nSPS) is 16.8. The second-order valence-electron chi connectivity index (χ2n) is 4.72. The second kappa shape index (κ2) is 7.09. The Bertz CT molecular complexity index is 635. The lowest BCUT2D eigenvalue weighted by Crippen LogP contribution is -2.42. The Morgan fingerprint density at radius 1 is 1.38 bits per heavy atom. The molecule has 1 heterocycles. The van der Waals surface area contributed by atoms with Crippen LogP contribution < -0.4 is 10.5 Å². The van der Waals surface area contributed by atoms with Crippen molar-refractivity contribution < 1.29 is 13.2 Å². The van der Waals surface area contributed by atoms with Gasteiger partial charge in [-0.2, -0.15) is 9.57 Å². The van der Waals surface area contributed by atoms with E-state index in [0.29, 0.717) is 31.5 Å².